The first kappa shape index (κ1) is 22.7. The molecule has 0 unspecified atom stereocenters. The van der Waals surface area contributed by atoms with Crippen LogP contribution in [0.1, 0.15) is 23.9 Å². The molecule has 0 radical (unpaired) electrons. The lowest BCUT2D eigenvalue weighted by atomic mass is 10.1. The zero-order valence-electron chi connectivity index (χ0n) is 16.9. The number of nitrogens with one attached hydrogen (secondary N) is 1. The van der Waals surface area contributed by atoms with E-state index < -0.39 is 15.7 Å². The van der Waals surface area contributed by atoms with E-state index in [-0.39, 0.29) is 20.8 Å². The number of amides is 1. The third kappa shape index (κ3) is 4.85. The number of hydrogen-bond acceptors (Lipinski definition) is 7. The second-order valence-corrected chi connectivity index (χ2v) is 10.4. The van der Waals surface area contributed by atoms with Gasteiger partial charge in [0, 0.05) is 22.1 Å². The van der Waals surface area contributed by atoms with Crippen molar-refractivity contribution in [2.45, 2.75) is 25.1 Å². The molecule has 11 heteroatoms. The van der Waals surface area contributed by atoms with Gasteiger partial charge >= 0.3 is 0 Å². The molecule has 3 aromatic rings. The molecular formula is C20H18ClN5O3S2. The van der Waals surface area contributed by atoms with Crippen molar-refractivity contribution in [3.63, 3.8) is 0 Å². The van der Waals surface area contributed by atoms with Crippen LogP contribution in [0.15, 0.2) is 40.2 Å². The van der Waals surface area contributed by atoms with Gasteiger partial charge in [0.25, 0.3) is 5.91 Å². The third-order valence-electron chi connectivity index (χ3n) is 4.47. The van der Waals surface area contributed by atoms with Crippen molar-refractivity contribution in [1.29, 1.82) is 5.26 Å². The number of nitrogens with zero attached hydrogens (tertiary/aromatic N) is 4. The number of aryl methyl sites for hydroxylation is 1. The van der Waals surface area contributed by atoms with Gasteiger partial charge in [-0.1, -0.05) is 35.9 Å². The molecule has 0 fully saturated rings. The SMILES string of the molecule is CCS(=O)(=O)c1nnc(NC(=O)/C(C#N)=C\c2cc(C)n(-c3cccc(Cl)c3)c2C)s1. The average molecular weight is 476 g/mol. The van der Waals surface area contributed by atoms with E-state index in [1.807, 2.05) is 48.7 Å². The molecule has 3 rings (SSSR count). The zero-order chi connectivity index (χ0) is 22.8. The fourth-order valence-corrected chi connectivity index (χ4v) is 5.09. The first-order valence-electron chi connectivity index (χ1n) is 9.10. The van der Waals surface area contributed by atoms with Crippen molar-refractivity contribution in [1.82, 2.24) is 14.8 Å². The number of hydrogen-bond donors (Lipinski definition) is 1. The number of nitriles is 1. The van der Waals surface area contributed by atoms with Crippen molar-refractivity contribution >= 4 is 49.9 Å². The highest BCUT2D eigenvalue weighted by Gasteiger charge is 2.20. The van der Waals surface area contributed by atoms with Crippen LogP contribution in [0.3, 0.4) is 0 Å². The Morgan fingerprint density at radius 1 is 1.32 bits per heavy atom. The van der Waals surface area contributed by atoms with Crippen LogP contribution in [0.4, 0.5) is 5.13 Å². The number of anilines is 1. The molecule has 2 aromatic heterocycles. The van der Waals surface area contributed by atoms with Crippen molar-refractivity contribution < 1.29 is 13.2 Å². The Morgan fingerprint density at radius 3 is 2.71 bits per heavy atom. The van der Waals surface area contributed by atoms with Crippen molar-refractivity contribution in [2.75, 3.05) is 11.1 Å². The quantitative estimate of drug-likeness (QED) is 0.327. The highest BCUT2D eigenvalue weighted by atomic mass is 35.5. The number of carbonyl (C=O) groups excluding carboxylic acids is 1. The fourth-order valence-electron chi connectivity index (χ4n) is 2.92. The van der Waals surface area contributed by atoms with Crippen LogP contribution in [0.5, 0.6) is 0 Å². The number of rotatable bonds is 6. The van der Waals surface area contributed by atoms with E-state index in [0.717, 1.165) is 28.4 Å². The van der Waals surface area contributed by atoms with Gasteiger partial charge in [-0.3, -0.25) is 10.1 Å². The smallest absolute Gasteiger partial charge is 0.268 e. The topological polar surface area (TPSA) is 118 Å². The predicted molar refractivity (Wildman–Crippen MR) is 120 cm³/mol. The van der Waals surface area contributed by atoms with Crippen molar-refractivity contribution in [3.05, 3.63) is 57.9 Å². The molecule has 1 amide bonds. The van der Waals surface area contributed by atoms with E-state index in [1.165, 1.54) is 13.0 Å². The highest BCUT2D eigenvalue weighted by molar-refractivity contribution is 7.93. The molecular weight excluding hydrogens is 458 g/mol. The summed E-state index contributed by atoms with van der Waals surface area (Å²) in [6.07, 6.45) is 1.48. The molecule has 0 bridgehead atoms. The predicted octanol–water partition coefficient (Wildman–Crippen LogP) is 3.94. The normalized spacial score (nSPS) is 11.9. The maximum Gasteiger partial charge on any atom is 0.268 e. The monoisotopic (exact) mass is 475 g/mol. The summed E-state index contributed by atoms with van der Waals surface area (Å²) in [4.78, 5) is 12.6. The maximum atomic E-state index is 12.6. The Bertz CT molecular complexity index is 1330. The zero-order valence-corrected chi connectivity index (χ0v) is 19.3. The number of sulfone groups is 1. The van der Waals surface area contributed by atoms with Crippen LogP contribution in [-0.2, 0) is 14.6 Å². The minimum atomic E-state index is -3.52. The molecule has 1 aromatic carbocycles. The van der Waals surface area contributed by atoms with Gasteiger partial charge < -0.3 is 4.57 Å². The second kappa shape index (κ2) is 9.01. The first-order valence-corrected chi connectivity index (χ1v) is 11.9. The largest absolute Gasteiger partial charge is 0.318 e. The Labute approximate surface area is 188 Å². The summed E-state index contributed by atoms with van der Waals surface area (Å²) < 4.78 is 25.5. The standard InChI is InChI=1S/C20H18ClN5O3S2/c1-4-31(28,29)20-25-24-19(30-20)23-18(27)15(11-22)9-14-8-12(2)26(13(14)3)17-7-5-6-16(21)10-17/h5-10H,4H2,1-3H3,(H,23,24,27)/b15-9-. The number of carbonyl (C=O) groups is 1. The minimum Gasteiger partial charge on any atom is -0.318 e. The van der Waals surface area contributed by atoms with Crippen molar-refractivity contribution in [2.24, 2.45) is 0 Å². The van der Waals surface area contributed by atoms with Gasteiger partial charge in [0.05, 0.1) is 5.75 Å². The van der Waals surface area contributed by atoms with E-state index in [0.29, 0.717) is 10.6 Å². The first-order chi connectivity index (χ1) is 14.7. The lowest BCUT2D eigenvalue weighted by Crippen LogP contribution is -2.13. The summed E-state index contributed by atoms with van der Waals surface area (Å²) in [7, 11) is -3.52. The van der Waals surface area contributed by atoms with Gasteiger partial charge in [0.15, 0.2) is 0 Å². The van der Waals surface area contributed by atoms with E-state index in [4.69, 9.17) is 11.6 Å². The van der Waals surface area contributed by atoms with Crippen LogP contribution in [0.25, 0.3) is 11.8 Å². The lowest BCUT2D eigenvalue weighted by Gasteiger charge is -2.10. The Morgan fingerprint density at radius 2 is 2.06 bits per heavy atom. The molecule has 0 saturated carbocycles. The molecule has 0 aliphatic carbocycles. The molecule has 0 atom stereocenters. The van der Waals surface area contributed by atoms with E-state index >= 15 is 0 Å². The molecule has 31 heavy (non-hydrogen) atoms. The molecule has 0 saturated heterocycles. The van der Waals surface area contributed by atoms with Gasteiger partial charge in [-0.05, 0) is 49.8 Å². The highest BCUT2D eigenvalue weighted by Crippen LogP contribution is 2.25. The van der Waals surface area contributed by atoms with Crippen molar-refractivity contribution in [3.8, 4) is 11.8 Å². The molecule has 0 spiro atoms. The summed E-state index contributed by atoms with van der Waals surface area (Å²) in [6, 6.07) is 11.1. The van der Waals surface area contributed by atoms with Gasteiger partial charge in [0.1, 0.15) is 11.6 Å². The van der Waals surface area contributed by atoms with E-state index in [9.17, 15) is 18.5 Å². The summed E-state index contributed by atoms with van der Waals surface area (Å²) in [5, 5.41) is 19.8. The fraction of sp³-hybridized carbons (Fsp3) is 0.200. The Balaban J connectivity index is 1.90. The van der Waals surface area contributed by atoms with Crippen LogP contribution in [0.2, 0.25) is 5.02 Å². The van der Waals surface area contributed by atoms with Crippen LogP contribution < -0.4 is 5.32 Å². The average Bonchev–Trinajstić information content (AvgIpc) is 3.30. The maximum absolute atomic E-state index is 12.6. The summed E-state index contributed by atoms with van der Waals surface area (Å²) in [5.41, 5.74) is 3.13. The molecule has 0 aliphatic rings. The summed E-state index contributed by atoms with van der Waals surface area (Å²) >= 11 is 6.84. The molecule has 8 nitrogen and oxygen atoms in total. The van der Waals surface area contributed by atoms with Crippen LogP contribution >= 0.6 is 22.9 Å². The number of halogens is 1. The Kier molecular flexibility index (Phi) is 6.59. The molecule has 160 valence electrons. The van der Waals surface area contributed by atoms with Gasteiger partial charge in [-0.2, -0.15) is 5.26 Å². The summed E-state index contributed by atoms with van der Waals surface area (Å²) in [6.45, 7) is 5.28. The van der Waals surface area contributed by atoms with Crippen LogP contribution in [-0.4, -0.2) is 34.8 Å². The van der Waals surface area contributed by atoms with Crippen LogP contribution in [0, 0.1) is 25.2 Å². The van der Waals surface area contributed by atoms with Gasteiger partial charge in [-0.15, -0.1) is 10.2 Å². The second-order valence-electron chi connectivity index (χ2n) is 6.54. The molecule has 0 aliphatic heterocycles. The van der Waals surface area contributed by atoms with E-state index in [2.05, 4.69) is 15.5 Å². The molecule has 2 heterocycles. The third-order valence-corrected chi connectivity index (χ3v) is 7.73. The van der Waals surface area contributed by atoms with Gasteiger partial charge in [0.2, 0.25) is 19.3 Å². The van der Waals surface area contributed by atoms with E-state index in [1.54, 1.807) is 6.07 Å². The number of aromatic nitrogens is 3. The molecule has 1 N–H and O–H groups in total. The Hall–Kier alpha value is -3.00. The minimum absolute atomic E-state index is 0.00238. The van der Waals surface area contributed by atoms with Gasteiger partial charge in [-0.25, -0.2) is 8.42 Å². The lowest BCUT2D eigenvalue weighted by molar-refractivity contribution is -0.112. The summed E-state index contributed by atoms with van der Waals surface area (Å²) in [5.74, 6) is -0.826. The number of benzene rings is 1.